The van der Waals surface area contributed by atoms with Crippen LogP contribution in [0.25, 0.3) is 5.65 Å². The van der Waals surface area contributed by atoms with Gasteiger partial charge in [-0.2, -0.15) is 5.10 Å². The summed E-state index contributed by atoms with van der Waals surface area (Å²) in [5.74, 6) is 0. The van der Waals surface area contributed by atoms with Gasteiger partial charge in [-0.25, -0.2) is 9.50 Å². The van der Waals surface area contributed by atoms with Crippen molar-refractivity contribution in [3.63, 3.8) is 0 Å². The Morgan fingerprint density at radius 2 is 2.27 bits per heavy atom. The molecule has 0 aliphatic heterocycles. The van der Waals surface area contributed by atoms with E-state index in [1.54, 1.807) is 16.9 Å². The molecule has 3 nitrogen and oxygen atoms in total. The van der Waals surface area contributed by atoms with Gasteiger partial charge in [-0.1, -0.05) is 0 Å². The number of nitrogens with zero attached hydrogens (tertiary/aromatic N) is 3. The van der Waals surface area contributed by atoms with Gasteiger partial charge in [0.2, 0.25) is 0 Å². The maximum atomic E-state index is 4.19. The zero-order valence-corrected chi connectivity index (χ0v) is 7.54. The zero-order chi connectivity index (χ0) is 7.84. The van der Waals surface area contributed by atoms with E-state index in [2.05, 4.69) is 26.0 Å². The highest BCUT2D eigenvalue weighted by Crippen LogP contribution is 2.10. The monoisotopic (exact) mass is 211 g/mol. The number of aryl methyl sites for hydroxylation is 1. The molecule has 4 heteroatoms. The summed E-state index contributed by atoms with van der Waals surface area (Å²) >= 11 is 3.32. The molecule has 0 spiro atoms. The van der Waals surface area contributed by atoms with Crippen molar-refractivity contribution in [1.82, 2.24) is 14.6 Å². The summed E-state index contributed by atoms with van der Waals surface area (Å²) in [7, 11) is 0. The van der Waals surface area contributed by atoms with Crippen molar-refractivity contribution in [2.75, 3.05) is 0 Å². The van der Waals surface area contributed by atoms with Crippen molar-refractivity contribution in [2.45, 2.75) is 6.92 Å². The van der Waals surface area contributed by atoms with Crippen LogP contribution in [0.5, 0.6) is 0 Å². The van der Waals surface area contributed by atoms with E-state index in [1.807, 2.05) is 13.1 Å². The maximum absolute atomic E-state index is 4.19. The van der Waals surface area contributed by atoms with Crippen molar-refractivity contribution < 1.29 is 0 Å². The Bertz CT molecular complexity index is 393. The van der Waals surface area contributed by atoms with E-state index in [0.717, 1.165) is 15.7 Å². The highest BCUT2D eigenvalue weighted by atomic mass is 79.9. The molecule has 11 heavy (non-hydrogen) atoms. The first kappa shape index (κ1) is 6.79. The maximum Gasteiger partial charge on any atom is 0.157 e. The average molecular weight is 212 g/mol. The van der Waals surface area contributed by atoms with Gasteiger partial charge in [-0.15, -0.1) is 0 Å². The lowest BCUT2D eigenvalue weighted by atomic mass is 10.4. The van der Waals surface area contributed by atoms with E-state index >= 15 is 0 Å². The molecule has 0 aromatic carbocycles. The first-order valence-electron chi connectivity index (χ1n) is 3.23. The molecule has 0 fully saturated rings. The third-order valence-electron chi connectivity index (χ3n) is 1.50. The molecule has 0 unspecified atom stereocenters. The normalized spacial score (nSPS) is 10.7. The van der Waals surface area contributed by atoms with Crippen LogP contribution in [-0.4, -0.2) is 14.6 Å². The van der Waals surface area contributed by atoms with Crippen LogP contribution in [0.1, 0.15) is 5.56 Å². The van der Waals surface area contributed by atoms with Crippen LogP contribution >= 0.6 is 15.9 Å². The number of fused-ring (bicyclic) bond motifs is 1. The van der Waals surface area contributed by atoms with E-state index in [0.29, 0.717) is 0 Å². The Kier molecular flexibility index (Phi) is 1.42. The molecule has 0 saturated carbocycles. The van der Waals surface area contributed by atoms with E-state index in [-0.39, 0.29) is 0 Å². The smallest absolute Gasteiger partial charge is 0.157 e. The van der Waals surface area contributed by atoms with E-state index in [4.69, 9.17) is 0 Å². The van der Waals surface area contributed by atoms with E-state index in [1.165, 1.54) is 0 Å². The van der Waals surface area contributed by atoms with Crippen LogP contribution in [0.4, 0.5) is 0 Å². The van der Waals surface area contributed by atoms with Gasteiger partial charge >= 0.3 is 0 Å². The molecule has 56 valence electrons. The predicted octanol–water partition coefficient (Wildman–Crippen LogP) is 1.80. The highest BCUT2D eigenvalue weighted by molar-refractivity contribution is 9.10. The Labute approximate surface area is 72.2 Å². The van der Waals surface area contributed by atoms with Crippen LogP contribution in [0.2, 0.25) is 0 Å². The number of aromatic nitrogens is 3. The highest BCUT2D eigenvalue weighted by Gasteiger charge is 1.99. The fraction of sp³-hybridized carbons (Fsp3) is 0.143. The number of hydrogen-bond donors (Lipinski definition) is 0. The van der Waals surface area contributed by atoms with Gasteiger partial charge in [0.05, 0.1) is 10.7 Å². The van der Waals surface area contributed by atoms with Gasteiger partial charge < -0.3 is 0 Å². The standard InChI is InChI=1S/C7H6BrN3/c1-5-2-10-11-4-6(8)3-9-7(5)11/h2-4H,1H3. The Hall–Kier alpha value is -0.900. The van der Waals surface area contributed by atoms with Crippen LogP contribution in [0.15, 0.2) is 23.1 Å². The summed E-state index contributed by atoms with van der Waals surface area (Å²) in [6, 6.07) is 0. The van der Waals surface area contributed by atoms with Gasteiger partial charge in [0.1, 0.15) is 0 Å². The zero-order valence-electron chi connectivity index (χ0n) is 5.95. The number of rotatable bonds is 0. The molecule has 2 rings (SSSR count). The topological polar surface area (TPSA) is 30.2 Å². The summed E-state index contributed by atoms with van der Waals surface area (Å²) < 4.78 is 2.69. The number of halogens is 1. The van der Waals surface area contributed by atoms with Crippen LogP contribution in [-0.2, 0) is 0 Å². The van der Waals surface area contributed by atoms with Crippen molar-refractivity contribution in [2.24, 2.45) is 0 Å². The van der Waals surface area contributed by atoms with Gasteiger partial charge in [-0.05, 0) is 22.9 Å². The van der Waals surface area contributed by atoms with Crippen LogP contribution < -0.4 is 0 Å². The van der Waals surface area contributed by atoms with E-state index < -0.39 is 0 Å². The summed E-state index contributed by atoms with van der Waals surface area (Å²) in [5, 5.41) is 4.10. The van der Waals surface area contributed by atoms with Gasteiger partial charge in [0, 0.05) is 18.0 Å². The molecule has 0 N–H and O–H groups in total. The average Bonchev–Trinajstić information content (AvgIpc) is 2.32. The van der Waals surface area contributed by atoms with Crippen LogP contribution in [0, 0.1) is 6.92 Å². The Balaban J connectivity index is 2.86. The fourth-order valence-electron chi connectivity index (χ4n) is 0.970. The largest absolute Gasteiger partial charge is 0.236 e. The lowest BCUT2D eigenvalue weighted by Crippen LogP contribution is -1.88. The van der Waals surface area contributed by atoms with Gasteiger partial charge in [0.25, 0.3) is 0 Å². The second-order valence-electron chi connectivity index (χ2n) is 2.37. The minimum absolute atomic E-state index is 0.910. The summed E-state index contributed by atoms with van der Waals surface area (Å²) in [4.78, 5) is 4.19. The van der Waals surface area contributed by atoms with Crippen LogP contribution in [0.3, 0.4) is 0 Å². The molecule has 0 radical (unpaired) electrons. The molecule has 0 atom stereocenters. The number of hydrogen-bond acceptors (Lipinski definition) is 2. The second kappa shape index (κ2) is 2.30. The SMILES string of the molecule is Cc1cnn2cc(Br)cnc12. The molecule has 2 heterocycles. The van der Waals surface area contributed by atoms with Gasteiger partial charge in [-0.3, -0.25) is 0 Å². The van der Waals surface area contributed by atoms with E-state index in [9.17, 15) is 0 Å². The van der Waals surface area contributed by atoms with Crippen molar-refractivity contribution >= 4 is 21.6 Å². The molecular formula is C7H6BrN3. The first-order chi connectivity index (χ1) is 5.27. The molecular weight excluding hydrogens is 206 g/mol. The third-order valence-corrected chi connectivity index (χ3v) is 1.91. The minimum Gasteiger partial charge on any atom is -0.236 e. The van der Waals surface area contributed by atoms with Crippen molar-refractivity contribution in [1.29, 1.82) is 0 Å². The quantitative estimate of drug-likeness (QED) is 0.666. The molecule has 0 bridgehead atoms. The lowest BCUT2D eigenvalue weighted by Gasteiger charge is -1.92. The molecule has 2 aromatic heterocycles. The molecule has 0 amide bonds. The molecule has 0 saturated heterocycles. The molecule has 0 aliphatic rings. The third kappa shape index (κ3) is 1.03. The fourth-order valence-corrected chi connectivity index (χ4v) is 1.27. The Morgan fingerprint density at radius 3 is 3.09 bits per heavy atom. The Morgan fingerprint density at radius 1 is 1.45 bits per heavy atom. The molecule has 0 aliphatic carbocycles. The predicted molar refractivity (Wildman–Crippen MR) is 45.4 cm³/mol. The second-order valence-corrected chi connectivity index (χ2v) is 3.28. The lowest BCUT2D eigenvalue weighted by molar-refractivity contribution is 0.933. The first-order valence-corrected chi connectivity index (χ1v) is 4.02. The van der Waals surface area contributed by atoms with Crippen molar-refractivity contribution in [3.05, 3.63) is 28.6 Å². The summed E-state index contributed by atoms with van der Waals surface area (Å²) in [6.45, 7) is 1.99. The summed E-state index contributed by atoms with van der Waals surface area (Å²) in [5.41, 5.74) is 2.01. The summed E-state index contributed by atoms with van der Waals surface area (Å²) in [6.07, 6.45) is 5.45. The molecule has 2 aromatic rings. The minimum atomic E-state index is 0.910. The van der Waals surface area contributed by atoms with Gasteiger partial charge in [0.15, 0.2) is 5.65 Å². The van der Waals surface area contributed by atoms with Crippen molar-refractivity contribution in [3.8, 4) is 0 Å².